The molecule has 18 heavy (non-hydrogen) atoms. The Hall–Kier alpha value is -0.300. The first kappa shape index (κ1) is 14.1. The first-order valence-electron chi connectivity index (χ1n) is 7.06. The van der Waals surface area contributed by atoms with Crippen molar-refractivity contribution in [1.82, 2.24) is 0 Å². The third kappa shape index (κ3) is 2.27. The predicted molar refractivity (Wildman–Crippen MR) is 83.9 cm³/mol. The van der Waals surface area contributed by atoms with Gasteiger partial charge in [-0.1, -0.05) is 69.6 Å². The van der Waals surface area contributed by atoms with Crippen LogP contribution in [0.25, 0.3) is 0 Å². The fourth-order valence-corrected chi connectivity index (χ4v) is 4.36. The zero-order valence-electron chi connectivity index (χ0n) is 12.5. The van der Waals surface area contributed by atoms with Crippen molar-refractivity contribution in [2.75, 3.05) is 0 Å². The average Bonchev–Trinajstić information content (AvgIpc) is 2.48. The van der Waals surface area contributed by atoms with E-state index in [-0.39, 0.29) is 0 Å². The van der Waals surface area contributed by atoms with Crippen molar-refractivity contribution in [3.63, 3.8) is 0 Å². The van der Waals surface area contributed by atoms with Gasteiger partial charge >= 0.3 is 0 Å². The molecule has 0 radical (unpaired) electrons. The van der Waals surface area contributed by atoms with Crippen molar-refractivity contribution < 1.29 is 0 Å². The highest BCUT2D eigenvalue weighted by Gasteiger charge is 2.38. The lowest BCUT2D eigenvalue weighted by Crippen LogP contribution is -2.15. The number of halogens is 1. The van der Waals surface area contributed by atoms with Gasteiger partial charge in [-0.15, -0.1) is 0 Å². The van der Waals surface area contributed by atoms with Crippen LogP contribution in [-0.4, -0.2) is 0 Å². The maximum absolute atomic E-state index is 3.88. The number of alkyl halides is 1. The Kier molecular flexibility index (Phi) is 3.66. The Morgan fingerprint density at radius 2 is 1.72 bits per heavy atom. The summed E-state index contributed by atoms with van der Waals surface area (Å²) in [5, 5.41) is 0. The van der Waals surface area contributed by atoms with Gasteiger partial charge in [0.05, 0.1) is 0 Å². The average molecular weight is 309 g/mol. The minimum Gasteiger partial charge on any atom is -0.0838 e. The maximum Gasteiger partial charge on any atom is 0.0406 e. The normalized spacial score (nSPS) is 21.7. The lowest BCUT2D eigenvalue weighted by atomic mass is 9.79. The van der Waals surface area contributed by atoms with Gasteiger partial charge in [0.2, 0.25) is 0 Å². The van der Waals surface area contributed by atoms with Gasteiger partial charge < -0.3 is 0 Å². The van der Waals surface area contributed by atoms with E-state index in [1.807, 2.05) is 0 Å². The fourth-order valence-electron chi connectivity index (χ4n) is 3.19. The SMILES string of the molecule is CC(C)c1cc(C(C)C)c2c(c1)C(Br)CC2(C)C. The molecule has 2 rings (SSSR count). The van der Waals surface area contributed by atoms with Gasteiger partial charge in [0.25, 0.3) is 0 Å². The highest BCUT2D eigenvalue weighted by molar-refractivity contribution is 9.09. The van der Waals surface area contributed by atoms with E-state index in [9.17, 15) is 0 Å². The van der Waals surface area contributed by atoms with Crippen LogP contribution in [0.3, 0.4) is 0 Å². The third-order valence-corrected chi connectivity index (χ3v) is 5.03. The van der Waals surface area contributed by atoms with Crippen LogP contribution in [0.15, 0.2) is 12.1 Å². The first-order chi connectivity index (χ1) is 8.24. The first-order valence-corrected chi connectivity index (χ1v) is 7.98. The smallest absolute Gasteiger partial charge is 0.0406 e. The van der Waals surface area contributed by atoms with Gasteiger partial charge in [-0.25, -0.2) is 0 Å². The van der Waals surface area contributed by atoms with E-state index in [4.69, 9.17) is 0 Å². The van der Waals surface area contributed by atoms with Crippen LogP contribution >= 0.6 is 15.9 Å². The van der Waals surface area contributed by atoms with E-state index in [1.54, 1.807) is 11.1 Å². The fraction of sp³-hybridized carbons (Fsp3) is 0.647. The highest BCUT2D eigenvalue weighted by atomic mass is 79.9. The molecule has 1 aromatic carbocycles. The highest BCUT2D eigenvalue weighted by Crippen LogP contribution is 2.51. The van der Waals surface area contributed by atoms with Crippen LogP contribution in [0.4, 0.5) is 0 Å². The topological polar surface area (TPSA) is 0 Å². The molecule has 1 atom stereocenters. The zero-order valence-corrected chi connectivity index (χ0v) is 14.1. The molecule has 1 aromatic rings. The summed E-state index contributed by atoms with van der Waals surface area (Å²) in [6, 6.07) is 4.88. The van der Waals surface area contributed by atoms with Crippen molar-refractivity contribution in [3.8, 4) is 0 Å². The Bertz CT molecular complexity index is 455. The molecule has 0 fully saturated rings. The molecule has 0 spiro atoms. The summed E-state index contributed by atoms with van der Waals surface area (Å²) >= 11 is 3.88. The maximum atomic E-state index is 3.88. The molecule has 0 amide bonds. The molecule has 0 heterocycles. The Morgan fingerprint density at radius 3 is 2.22 bits per heavy atom. The summed E-state index contributed by atoms with van der Waals surface area (Å²) in [6.45, 7) is 14.0. The van der Waals surface area contributed by atoms with Crippen LogP contribution in [0.5, 0.6) is 0 Å². The third-order valence-electron chi connectivity index (χ3n) is 4.21. The quantitative estimate of drug-likeness (QED) is 0.583. The van der Waals surface area contributed by atoms with E-state index in [1.165, 1.54) is 17.5 Å². The minimum absolute atomic E-state index is 0.304. The van der Waals surface area contributed by atoms with E-state index < -0.39 is 0 Å². The second-order valence-electron chi connectivity index (χ2n) is 6.94. The minimum atomic E-state index is 0.304. The zero-order chi connectivity index (χ0) is 13.7. The van der Waals surface area contributed by atoms with Gasteiger partial charge in [-0.3, -0.25) is 0 Å². The van der Waals surface area contributed by atoms with Gasteiger partial charge in [0.1, 0.15) is 0 Å². The lowest BCUT2D eigenvalue weighted by Gasteiger charge is -2.25. The molecule has 1 unspecified atom stereocenters. The summed E-state index contributed by atoms with van der Waals surface area (Å²) in [7, 11) is 0. The van der Waals surface area contributed by atoms with E-state index in [0.29, 0.717) is 22.1 Å². The number of benzene rings is 1. The van der Waals surface area contributed by atoms with Crippen LogP contribution in [-0.2, 0) is 5.41 Å². The standard InChI is InChI=1S/C17H25Br/c1-10(2)12-7-13(11(3)4)16-14(8-12)15(18)9-17(16,5)6/h7-8,10-11,15H,9H2,1-6H3. The number of hydrogen-bond donors (Lipinski definition) is 0. The van der Waals surface area contributed by atoms with E-state index in [0.717, 1.165) is 0 Å². The van der Waals surface area contributed by atoms with Crippen molar-refractivity contribution in [1.29, 1.82) is 0 Å². The van der Waals surface area contributed by atoms with Crippen LogP contribution < -0.4 is 0 Å². The van der Waals surface area contributed by atoms with Crippen molar-refractivity contribution in [3.05, 3.63) is 34.4 Å². The van der Waals surface area contributed by atoms with E-state index in [2.05, 4.69) is 69.6 Å². The van der Waals surface area contributed by atoms with Crippen LogP contribution in [0.1, 0.15) is 86.9 Å². The predicted octanol–water partition coefficient (Wildman–Crippen LogP) is 6.05. The Balaban J connectivity index is 2.69. The largest absolute Gasteiger partial charge is 0.0838 e. The van der Waals surface area contributed by atoms with E-state index >= 15 is 0 Å². The summed E-state index contributed by atoms with van der Waals surface area (Å²) in [5.74, 6) is 1.21. The summed E-state index contributed by atoms with van der Waals surface area (Å²) in [4.78, 5) is 0.527. The monoisotopic (exact) mass is 308 g/mol. The Labute approximate surface area is 120 Å². The summed E-state index contributed by atoms with van der Waals surface area (Å²) < 4.78 is 0. The number of hydrogen-bond acceptors (Lipinski definition) is 0. The van der Waals surface area contributed by atoms with Gasteiger partial charge in [-0.05, 0) is 45.9 Å². The van der Waals surface area contributed by atoms with Gasteiger partial charge in [-0.2, -0.15) is 0 Å². The summed E-state index contributed by atoms with van der Waals surface area (Å²) in [6.07, 6.45) is 1.21. The van der Waals surface area contributed by atoms with Crippen molar-refractivity contribution >= 4 is 15.9 Å². The molecular formula is C17H25Br. The number of fused-ring (bicyclic) bond motifs is 1. The van der Waals surface area contributed by atoms with Crippen molar-refractivity contribution in [2.24, 2.45) is 0 Å². The van der Waals surface area contributed by atoms with Crippen LogP contribution in [0, 0.1) is 0 Å². The van der Waals surface area contributed by atoms with Crippen molar-refractivity contribution in [2.45, 2.75) is 70.0 Å². The number of rotatable bonds is 2. The molecule has 1 aliphatic carbocycles. The molecule has 0 bridgehead atoms. The molecule has 1 aliphatic rings. The molecule has 0 saturated heterocycles. The molecule has 1 heteroatoms. The lowest BCUT2D eigenvalue weighted by molar-refractivity contribution is 0.514. The molecule has 0 N–H and O–H groups in total. The second kappa shape index (κ2) is 4.67. The van der Waals surface area contributed by atoms with Gasteiger partial charge in [0.15, 0.2) is 0 Å². The molecule has 0 aromatic heterocycles. The molecular weight excluding hydrogens is 284 g/mol. The molecule has 100 valence electrons. The second-order valence-corrected chi connectivity index (χ2v) is 8.04. The summed E-state index contributed by atoms with van der Waals surface area (Å²) in [5.41, 5.74) is 6.49. The molecule has 0 saturated carbocycles. The van der Waals surface area contributed by atoms with Crippen LogP contribution in [0.2, 0.25) is 0 Å². The molecule has 0 nitrogen and oxygen atoms in total. The molecule has 0 aliphatic heterocycles. The Morgan fingerprint density at radius 1 is 1.11 bits per heavy atom. The van der Waals surface area contributed by atoms with Gasteiger partial charge in [0, 0.05) is 4.83 Å².